The summed E-state index contributed by atoms with van der Waals surface area (Å²) in [7, 11) is 0. The first-order valence-electron chi connectivity index (χ1n) is 6.36. The molecule has 3 nitrogen and oxygen atoms in total. The number of aromatic nitrogens is 2. The smallest absolute Gasteiger partial charge is 0.0834 e. The average Bonchev–Trinajstić information content (AvgIpc) is 2.56. The highest BCUT2D eigenvalue weighted by Crippen LogP contribution is 2.36. The largest absolute Gasteiger partial charge is 0.308 e. The Labute approximate surface area is 110 Å². The summed E-state index contributed by atoms with van der Waals surface area (Å²) < 4.78 is 2.03. The second kappa shape index (κ2) is 5.87. The number of hydrogen-bond donors (Lipinski definition) is 1. The first-order chi connectivity index (χ1) is 7.91. The molecule has 1 heterocycles. The molecule has 17 heavy (non-hydrogen) atoms. The van der Waals surface area contributed by atoms with Gasteiger partial charge in [0, 0.05) is 6.54 Å². The molecule has 0 spiro atoms. The van der Waals surface area contributed by atoms with Crippen LogP contribution in [0.15, 0.2) is 6.20 Å². The molecule has 1 atom stereocenters. The fourth-order valence-electron chi connectivity index (χ4n) is 2.07. The summed E-state index contributed by atoms with van der Waals surface area (Å²) in [6.07, 6.45) is 2.82. The Kier molecular flexibility index (Phi) is 5.02. The van der Waals surface area contributed by atoms with Crippen LogP contribution in [0.1, 0.15) is 52.8 Å². The van der Waals surface area contributed by atoms with Gasteiger partial charge in [0.1, 0.15) is 0 Å². The fraction of sp³-hybridized carbons (Fsp3) is 0.769. The Morgan fingerprint density at radius 3 is 2.53 bits per heavy atom. The molecule has 1 rings (SSSR count). The molecule has 4 heteroatoms. The van der Waals surface area contributed by atoms with Gasteiger partial charge in [0.25, 0.3) is 0 Å². The van der Waals surface area contributed by atoms with Crippen molar-refractivity contribution in [2.75, 3.05) is 6.54 Å². The van der Waals surface area contributed by atoms with Gasteiger partial charge in [-0.3, -0.25) is 4.68 Å². The highest BCUT2D eigenvalue weighted by molar-refractivity contribution is 6.31. The van der Waals surface area contributed by atoms with Crippen molar-refractivity contribution in [2.24, 2.45) is 5.41 Å². The number of nitrogens with zero attached hydrogens (tertiary/aromatic N) is 2. The molecule has 1 aromatic heterocycles. The predicted octanol–water partition coefficient (Wildman–Crippen LogP) is 3.64. The van der Waals surface area contributed by atoms with Gasteiger partial charge in [-0.1, -0.05) is 46.2 Å². The lowest BCUT2D eigenvalue weighted by molar-refractivity contribution is 0.262. The van der Waals surface area contributed by atoms with Gasteiger partial charge in [0.2, 0.25) is 0 Å². The van der Waals surface area contributed by atoms with Crippen LogP contribution >= 0.6 is 11.6 Å². The Balaban J connectivity index is 3.12. The third-order valence-corrected chi connectivity index (χ3v) is 3.11. The van der Waals surface area contributed by atoms with E-state index in [0.29, 0.717) is 0 Å². The summed E-state index contributed by atoms with van der Waals surface area (Å²) in [6.45, 7) is 12.8. The molecule has 0 saturated heterocycles. The van der Waals surface area contributed by atoms with Crippen LogP contribution in [-0.4, -0.2) is 16.3 Å². The highest BCUT2D eigenvalue weighted by Gasteiger charge is 2.30. The Hall–Kier alpha value is -0.540. The third kappa shape index (κ3) is 3.46. The number of aryl methyl sites for hydroxylation is 1. The number of nitrogens with one attached hydrogen (secondary N) is 1. The van der Waals surface area contributed by atoms with Crippen LogP contribution in [0.25, 0.3) is 0 Å². The summed E-state index contributed by atoms with van der Waals surface area (Å²) in [5.74, 6) is 0. The Morgan fingerprint density at radius 2 is 2.06 bits per heavy atom. The zero-order valence-electron chi connectivity index (χ0n) is 11.5. The lowest BCUT2D eigenvalue weighted by Crippen LogP contribution is -2.34. The first kappa shape index (κ1) is 14.5. The standard InChI is InChI=1S/C13H24ClN3/c1-6-8-17-11(10(14)9-16-17)12(15-7-2)13(3,4)5/h9,12,15H,6-8H2,1-5H3. The van der Waals surface area contributed by atoms with Gasteiger partial charge in [0.15, 0.2) is 0 Å². The van der Waals surface area contributed by atoms with Crippen molar-refractivity contribution in [3.63, 3.8) is 0 Å². The predicted molar refractivity (Wildman–Crippen MR) is 73.4 cm³/mol. The number of halogens is 1. The third-order valence-electron chi connectivity index (χ3n) is 2.82. The molecular weight excluding hydrogens is 234 g/mol. The maximum absolute atomic E-state index is 6.29. The van der Waals surface area contributed by atoms with Crippen molar-refractivity contribution < 1.29 is 0 Å². The van der Waals surface area contributed by atoms with E-state index in [1.165, 1.54) is 0 Å². The van der Waals surface area contributed by atoms with Crippen molar-refractivity contribution in [2.45, 2.75) is 53.6 Å². The second-order valence-electron chi connectivity index (χ2n) is 5.46. The van der Waals surface area contributed by atoms with E-state index in [4.69, 9.17) is 11.6 Å². The lowest BCUT2D eigenvalue weighted by atomic mass is 9.84. The monoisotopic (exact) mass is 257 g/mol. The SMILES string of the molecule is CCCn1ncc(Cl)c1C(NCC)C(C)(C)C. The van der Waals surface area contributed by atoms with Gasteiger partial charge in [-0.05, 0) is 18.4 Å². The first-order valence-corrected chi connectivity index (χ1v) is 6.74. The Bertz CT molecular complexity index is 352. The van der Waals surface area contributed by atoms with Crippen molar-refractivity contribution in [1.82, 2.24) is 15.1 Å². The molecule has 0 saturated carbocycles. The van der Waals surface area contributed by atoms with Gasteiger partial charge in [-0.25, -0.2) is 0 Å². The number of rotatable bonds is 5. The maximum atomic E-state index is 6.29. The quantitative estimate of drug-likeness (QED) is 0.873. The minimum Gasteiger partial charge on any atom is -0.308 e. The molecule has 98 valence electrons. The van der Waals surface area contributed by atoms with Crippen molar-refractivity contribution in [1.29, 1.82) is 0 Å². The van der Waals surface area contributed by atoms with Crippen LogP contribution in [0.4, 0.5) is 0 Å². The molecular formula is C13H24ClN3. The molecule has 0 aliphatic rings. The minimum atomic E-state index is 0.116. The van der Waals surface area contributed by atoms with E-state index < -0.39 is 0 Å². The summed E-state index contributed by atoms with van der Waals surface area (Å²) in [6, 6.07) is 0.231. The van der Waals surface area contributed by atoms with Gasteiger partial charge < -0.3 is 5.32 Å². The van der Waals surface area contributed by atoms with E-state index in [1.54, 1.807) is 6.20 Å². The molecule has 0 aromatic carbocycles. The van der Waals surface area contributed by atoms with E-state index in [2.05, 4.69) is 45.0 Å². The van der Waals surface area contributed by atoms with Gasteiger partial charge >= 0.3 is 0 Å². The van der Waals surface area contributed by atoms with E-state index in [-0.39, 0.29) is 11.5 Å². The minimum absolute atomic E-state index is 0.116. The van der Waals surface area contributed by atoms with E-state index in [1.807, 2.05) is 4.68 Å². The van der Waals surface area contributed by atoms with Gasteiger partial charge in [-0.2, -0.15) is 5.10 Å². The van der Waals surface area contributed by atoms with E-state index in [9.17, 15) is 0 Å². The maximum Gasteiger partial charge on any atom is 0.0834 e. The molecule has 1 unspecified atom stereocenters. The molecule has 0 aliphatic carbocycles. The van der Waals surface area contributed by atoms with Crippen LogP contribution in [0.5, 0.6) is 0 Å². The fourth-order valence-corrected chi connectivity index (χ4v) is 2.32. The topological polar surface area (TPSA) is 29.9 Å². The number of hydrogen-bond acceptors (Lipinski definition) is 2. The van der Waals surface area contributed by atoms with Crippen LogP contribution < -0.4 is 5.32 Å². The van der Waals surface area contributed by atoms with Crippen LogP contribution in [-0.2, 0) is 6.54 Å². The summed E-state index contributed by atoms with van der Waals surface area (Å²) >= 11 is 6.29. The van der Waals surface area contributed by atoms with E-state index in [0.717, 1.165) is 30.2 Å². The van der Waals surface area contributed by atoms with Crippen LogP contribution in [0.3, 0.4) is 0 Å². The van der Waals surface area contributed by atoms with Crippen molar-refractivity contribution in [3.05, 3.63) is 16.9 Å². The van der Waals surface area contributed by atoms with Crippen LogP contribution in [0, 0.1) is 5.41 Å². The molecule has 0 fully saturated rings. The van der Waals surface area contributed by atoms with E-state index >= 15 is 0 Å². The summed E-state index contributed by atoms with van der Waals surface area (Å²) in [5, 5.41) is 8.65. The summed E-state index contributed by atoms with van der Waals surface area (Å²) in [4.78, 5) is 0. The molecule has 1 aromatic rings. The Morgan fingerprint density at radius 1 is 1.41 bits per heavy atom. The molecule has 0 bridgehead atoms. The van der Waals surface area contributed by atoms with Crippen LogP contribution in [0.2, 0.25) is 5.02 Å². The average molecular weight is 258 g/mol. The lowest BCUT2D eigenvalue weighted by Gasteiger charge is -2.32. The summed E-state index contributed by atoms with van der Waals surface area (Å²) in [5.41, 5.74) is 1.23. The molecule has 0 amide bonds. The van der Waals surface area contributed by atoms with Gasteiger partial charge in [0.05, 0.1) is 23.0 Å². The molecule has 0 radical (unpaired) electrons. The second-order valence-corrected chi connectivity index (χ2v) is 5.86. The molecule has 1 N–H and O–H groups in total. The van der Waals surface area contributed by atoms with Crippen molar-refractivity contribution in [3.8, 4) is 0 Å². The normalized spacial score (nSPS) is 14.0. The molecule has 0 aliphatic heterocycles. The zero-order valence-corrected chi connectivity index (χ0v) is 12.3. The van der Waals surface area contributed by atoms with Gasteiger partial charge in [-0.15, -0.1) is 0 Å². The highest BCUT2D eigenvalue weighted by atomic mass is 35.5. The van der Waals surface area contributed by atoms with Crippen molar-refractivity contribution >= 4 is 11.6 Å². The zero-order chi connectivity index (χ0) is 13.1.